The Balaban J connectivity index is 1.69. The molecule has 27 heavy (non-hydrogen) atoms. The van der Waals surface area contributed by atoms with Crippen LogP contribution in [-0.2, 0) is 11.2 Å². The molecule has 1 aliphatic rings. The molecule has 0 fully saturated rings. The van der Waals surface area contributed by atoms with E-state index in [1.54, 1.807) is 18.2 Å². The summed E-state index contributed by atoms with van der Waals surface area (Å²) in [6.45, 7) is 3.86. The van der Waals surface area contributed by atoms with Gasteiger partial charge in [0, 0.05) is 24.1 Å². The average Bonchev–Trinajstić information content (AvgIpc) is 2.95. The van der Waals surface area contributed by atoms with Gasteiger partial charge in [0.05, 0.1) is 24.9 Å². The summed E-state index contributed by atoms with van der Waals surface area (Å²) in [5.74, 6) is 1.77. The third kappa shape index (κ3) is 4.22. The maximum atomic E-state index is 12.4. The molecule has 1 aliphatic heterocycles. The Morgan fingerprint density at radius 1 is 1.19 bits per heavy atom. The second-order valence-corrected chi connectivity index (χ2v) is 7.21. The van der Waals surface area contributed by atoms with Gasteiger partial charge in [-0.1, -0.05) is 23.7 Å². The van der Waals surface area contributed by atoms with Crippen molar-refractivity contribution in [2.45, 2.75) is 25.9 Å². The number of hydrogen-bond donors (Lipinski definition) is 1. The molecule has 6 nitrogen and oxygen atoms in total. The zero-order chi connectivity index (χ0) is 19.6. The second kappa shape index (κ2) is 7.56. The van der Waals surface area contributed by atoms with Crippen LogP contribution < -0.4 is 24.3 Å². The van der Waals surface area contributed by atoms with Gasteiger partial charge in [0.2, 0.25) is 0 Å². The second-order valence-electron chi connectivity index (χ2n) is 6.81. The normalized spacial score (nSPS) is 14.1. The molecule has 3 rings (SSSR count). The highest BCUT2D eigenvalue weighted by molar-refractivity contribution is 6.32. The van der Waals surface area contributed by atoms with Crippen molar-refractivity contribution in [1.29, 1.82) is 0 Å². The Kier molecular flexibility index (Phi) is 5.37. The minimum atomic E-state index is -0.340. The van der Waals surface area contributed by atoms with Gasteiger partial charge >= 0.3 is 0 Å². The van der Waals surface area contributed by atoms with E-state index < -0.39 is 0 Å². The van der Waals surface area contributed by atoms with Gasteiger partial charge in [-0.15, -0.1) is 0 Å². The van der Waals surface area contributed by atoms with Crippen molar-refractivity contribution in [1.82, 2.24) is 0 Å². The lowest BCUT2D eigenvalue weighted by atomic mass is 10.0. The molecule has 2 aromatic carbocycles. The van der Waals surface area contributed by atoms with Crippen molar-refractivity contribution < 1.29 is 23.7 Å². The zero-order valence-electron chi connectivity index (χ0n) is 15.7. The van der Waals surface area contributed by atoms with Crippen LogP contribution in [0.5, 0.6) is 23.0 Å². The number of anilines is 1. The molecule has 0 radical (unpaired) electrons. The number of halogens is 1. The molecule has 144 valence electrons. The van der Waals surface area contributed by atoms with Crippen LogP contribution in [0.3, 0.4) is 0 Å². The Labute approximate surface area is 163 Å². The van der Waals surface area contributed by atoms with Gasteiger partial charge in [-0.2, -0.15) is 0 Å². The fraction of sp³-hybridized carbons (Fsp3) is 0.350. The first-order chi connectivity index (χ1) is 12.8. The van der Waals surface area contributed by atoms with Gasteiger partial charge in [0.25, 0.3) is 5.91 Å². The smallest absolute Gasteiger partial charge is 0.262 e. The molecule has 0 saturated heterocycles. The molecule has 1 heterocycles. The lowest BCUT2D eigenvalue weighted by Crippen LogP contribution is -2.25. The molecule has 0 spiro atoms. The average molecular weight is 392 g/mol. The van der Waals surface area contributed by atoms with Gasteiger partial charge in [0.1, 0.15) is 17.1 Å². The molecule has 0 atom stereocenters. The van der Waals surface area contributed by atoms with Gasteiger partial charge in [-0.25, -0.2) is 0 Å². The predicted molar refractivity (Wildman–Crippen MR) is 104 cm³/mol. The molecule has 0 unspecified atom stereocenters. The number of methoxy groups -OCH3 is 2. The van der Waals surface area contributed by atoms with E-state index in [-0.39, 0.29) is 18.1 Å². The summed E-state index contributed by atoms with van der Waals surface area (Å²) in [7, 11) is 3.00. The van der Waals surface area contributed by atoms with E-state index in [4.69, 9.17) is 30.5 Å². The highest BCUT2D eigenvalue weighted by Crippen LogP contribution is 2.41. The zero-order valence-corrected chi connectivity index (χ0v) is 16.5. The molecule has 0 aliphatic carbocycles. The van der Waals surface area contributed by atoms with Gasteiger partial charge < -0.3 is 24.3 Å². The van der Waals surface area contributed by atoms with Crippen LogP contribution >= 0.6 is 11.6 Å². The summed E-state index contributed by atoms with van der Waals surface area (Å²) in [5, 5.41) is 3.14. The van der Waals surface area contributed by atoms with Crippen molar-refractivity contribution in [3.63, 3.8) is 0 Å². The predicted octanol–water partition coefficient (Wildman–Crippen LogP) is 4.09. The van der Waals surface area contributed by atoms with Crippen LogP contribution in [0.1, 0.15) is 19.4 Å². The Hall–Kier alpha value is -2.60. The number of para-hydroxylation sites is 1. The standard InChI is InChI=1S/C20H22ClNO5/c1-20(2)10-12-6-5-7-15(19(12)27-20)26-11-18(23)22-14-9-16(24-3)13(21)8-17(14)25-4/h5-9H,10-11H2,1-4H3,(H,22,23). The molecule has 2 aromatic rings. The third-order valence-electron chi connectivity index (χ3n) is 4.16. The van der Waals surface area contributed by atoms with Crippen molar-refractivity contribution in [3.05, 3.63) is 40.9 Å². The number of ether oxygens (including phenoxy) is 4. The number of benzene rings is 2. The van der Waals surface area contributed by atoms with Crippen molar-refractivity contribution in [2.75, 3.05) is 26.1 Å². The number of amides is 1. The van der Waals surface area contributed by atoms with Gasteiger partial charge in [0.15, 0.2) is 18.1 Å². The van der Waals surface area contributed by atoms with E-state index in [0.29, 0.717) is 33.7 Å². The summed E-state index contributed by atoms with van der Waals surface area (Å²) in [6.07, 6.45) is 0.799. The van der Waals surface area contributed by atoms with E-state index in [2.05, 4.69) is 5.32 Å². The highest BCUT2D eigenvalue weighted by Gasteiger charge is 2.32. The van der Waals surface area contributed by atoms with E-state index in [1.807, 2.05) is 26.0 Å². The Bertz CT molecular complexity index is 866. The first kappa shape index (κ1) is 19.2. The molecule has 0 bridgehead atoms. The quantitative estimate of drug-likeness (QED) is 0.803. The summed E-state index contributed by atoms with van der Waals surface area (Å²) >= 11 is 6.08. The van der Waals surface area contributed by atoms with Crippen molar-refractivity contribution in [2.24, 2.45) is 0 Å². The van der Waals surface area contributed by atoms with E-state index in [1.165, 1.54) is 14.2 Å². The Morgan fingerprint density at radius 3 is 2.63 bits per heavy atom. The number of carbonyl (C=O) groups excluding carboxylic acids is 1. The van der Waals surface area contributed by atoms with Crippen molar-refractivity contribution in [3.8, 4) is 23.0 Å². The van der Waals surface area contributed by atoms with Gasteiger partial charge in [-0.05, 0) is 19.9 Å². The molecular weight excluding hydrogens is 370 g/mol. The Morgan fingerprint density at radius 2 is 1.93 bits per heavy atom. The number of nitrogens with one attached hydrogen (secondary N) is 1. The lowest BCUT2D eigenvalue weighted by Gasteiger charge is -2.18. The summed E-state index contributed by atoms with van der Waals surface area (Å²) in [5.41, 5.74) is 1.24. The number of carbonyl (C=O) groups is 1. The van der Waals surface area contributed by atoms with Gasteiger partial charge in [-0.3, -0.25) is 4.79 Å². The maximum absolute atomic E-state index is 12.4. The van der Waals surface area contributed by atoms with E-state index >= 15 is 0 Å². The summed E-state index contributed by atoms with van der Waals surface area (Å²) in [4.78, 5) is 12.4. The largest absolute Gasteiger partial charge is 0.495 e. The molecule has 0 saturated carbocycles. The molecule has 1 N–H and O–H groups in total. The monoisotopic (exact) mass is 391 g/mol. The fourth-order valence-electron chi connectivity index (χ4n) is 2.99. The topological polar surface area (TPSA) is 66.0 Å². The van der Waals surface area contributed by atoms with Crippen LogP contribution in [0.2, 0.25) is 5.02 Å². The molecule has 7 heteroatoms. The van der Waals surface area contributed by atoms with Crippen LogP contribution in [0.4, 0.5) is 5.69 Å². The lowest BCUT2D eigenvalue weighted by molar-refractivity contribution is -0.118. The summed E-state index contributed by atoms with van der Waals surface area (Å²) in [6, 6.07) is 8.87. The SMILES string of the molecule is COc1cc(NC(=O)COc2cccc3c2OC(C)(C)C3)c(OC)cc1Cl. The fourth-order valence-corrected chi connectivity index (χ4v) is 3.22. The minimum absolute atomic E-state index is 0.172. The third-order valence-corrected chi connectivity index (χ3v) is 4.46. The van der Waals surface area contributed by atoms with Crippen molar-refractivity contribution >= 4 is 23.2 Å². The highest BCUT2D eigenvalue weighted by atomic mass is 35.5. The van der Waals surface area contributed by atoms with Crippen LogP contribution in [0.25, 0.3) is 0 Å². The number of fused-ring (bicyclic) bond motifs is 1. The number of hydrogen-bond acceptors (Lipinski definition) is 5. The molecule has 0 aromatic heterocycles. The summed E-state index contributed by atoms with van der Waals surface area (Å²) < 4.78 is 22.1. The number of rotatable bonds is 6. The van der Waals surface area contributed by atoms with Crippen LogP contribution in [0.15, 0.2) is 30.3 Å². The molecular formula is C20H22ClNO5. The minimum Gasteiger partial charge on any atom is -0.495 e. The molecule has 1 amide bonds. The van der Waals surface area contributed by atoms with Crippen LogP contribution in [0, 0.1) is 0 Å². The van der Waals surface area contributed by atoms with E-state index in [0.717, 1.165) is 12.0 Å². The van der Waals surface area contributed by atoms with E-state index in [9.17, 15) is 4.79 Å². The van der Waals surface area contributed by atoms with Crippen LogP contribution in [-0.4, -0.2) is 32.3 Å². The first-order valence-electron chi connectivity index (χ1n) is 8.48. The maximum Gasteiger partial charge on any atom is 0.262 e. The first-order valence-corrected chi connectivity index (χ1v) is 8.86.